The van der Waals surface area contributed by atoms with Crippen LogP contribution in [0.4, 0.5) is 5.69 Å². The average molecular weight is 330 g/mol. The molecule has 0 aromatic heterocycles. The first-order valence-corrected chi connectivity index (χ1v) is 6.67. The number of hydrogen-bond acceptors (Lipinski definition) is 3. The molecule has 0 aliphatic rings. The Labute approximate surface area is 121 Å². The monoisotopic (exact) mass is 329 g/mol. The number of rotatable bonds is 5. The van der Waals surface area contributed by atoms with Crippen LogP contribution in [0.15, 0.2) is 22.7 Å². The Bertz CT molecular complexity index is 465. The highest BCUT2D eigenvalue weighted by atomic mass is 79.9. The van der Waals surface area contributed by atoms with Crippen LogP contribution >= 0.6 is 28.1 Å². The minimum atomic E-state index is 0.0257. The van der Waals surface area contributed by atoms with Gasteiger partial charge in [0.1, 0.15) is 4.99 Å². The van der Waals surface area contributed by atoms with Gasteiger partial charge in [-0.3, -0.25) is 4.79 Å². The van der Waals surface area contributed by atoms with Gasteiger partial charge in [-0.2, -0.15) is 0 Å². The summed E-state index contributed by atoms with van der Waals surface area (Å²) in [6, 6.07) is 5.69. The number of hydrogen-bond donors (Lipinski definition) is 2. The number of anilines is 1. The summed E-state index contributed by atoms with van der Waals surface area (Å²) in [5.74, 6) is 0.0257. The molecule has 0 saturated carbocycles. The third-order valence-corrected chi connectivity index (χ3v) is 3.47. The predicted octanol–water partition coefficient (Wildman–Crippen LogP) is 1.66. The summed E-state index contributed by atoms with van der Waals surface area (Å²) < 4.78 is 0.909. The van der Waals surface area contributed by atoms with Crippen LogP contribution in [0.5, 0.6) is 0 Å². The molecule has 6 heteroatoms. The van der Waals surface area contributed by atoms with E-state index in [4.69, 9.17) is 18.0 Å². The predicted molar refractivity (Wildman–Crippen MR) is 82.0 cm³/mol. The summed E-state index contributed by atoms with van der Waals surface area (Å²) in [4.78, 5) is 13.6. The lowest BCUT2D eigenvalue weighted by atomic mass is 10.2. The van der Waals surface area contributed by atoms with Gasteiger partial charge in [-0.15, -0.1) is 0 Å². The van der Waals surface area contributed by atoms with Crippen LogP contribution in [-0.2, 0) is 4.79 Å². The van der Waals surface area contributed by atoms with Crippen LogP contribution < -0.4 is 16.0 Å². The van der Waals surface area contributed by atoms with Gasteiger partial charge in [0.05, 0.1) is 5.69 Å². The lowest BCUT2D eigenvalue weighted by Gasteiger charge is -2.20. The normalized spacial score (nSPS) is 9.94. The van der Waals surface area contributed by atoms with Crippen molar-refractivity contribution in [3.8, 4) is 0 Å². The first kappa shape index (κ1) is 14.9. The second-order valence-corrected chi connectivity index (χ2v) is 5.17. The molecule has 0 unspecified atom stereocenters. The zero-order valence-corrected chi connectivity index (χ0v) is 12.8. The Morgan fingerprint density at radius 3 is 2.72 bits per heavy atom. The Kier molecular flexibility index (Phi) is 5.55. The smallest absolute Gasteiger partial charge is 0.221 e. The van der Waals surface area contributed by atoms with E-state index >= 15 is 0 Å². The van der Waals surface area contributed by atoms with Crippen LogP contribution in [0.3, 0.4) is 0 Å². The summed E-state index contributed by atoms with van der Waals surface area (Å²) in [6.07, 6.45) is 0.455. The van der Waals surface area contributed by atoms with Crippen molar-refractivity contribution in [3.05, 3.63) is 28.2 Å². The topological polar surface area (TPSA) is 58.4 Å². The molecule has 0 spiro atoms. The van der Waals surface area contributed by atoms with Gasteiger partial charge in [0.15, 0.2) is 0 Å². The third kappa shape index (κ3) is 3.96. The number of amides is 1. The molecule has 0 heterocycles. The fraction of sp³-hybridized carbons (Fsp3) is 0.333. The highest BCUT2D eigenvalue weighted by Crippen LogP contribution is 2.26. The van der Waals surface area contributed by atoms with E-state index in [2.05, 4.69) is 21.2 Å². The van der Waals surface area contributed by atoms with Crippen LogP contribution in [0, 0.1) is 0 Å². The first-order valence-electron chi connectivity index (χ1n) is 5.46. The van der Waals surface area contributed by atoms with E-state index < -0.39 is 0 Å². The van der Waals surface area contributed by atoms with Gasteiger partial charge >= 0.3 is 0 Å². The molecule has 0 aliphatic heterocycles. The lowest BCUT2D eigenvalue weighted by Crippen LogP contribution is -2.26. The summed E-state index contributed by atoms with van der Waals surface area (Å²) in [5, 5.41) is 2.60. The van der Waals surface area contributed by atoms with Crippen LogP contribution in [0.1, 0.15) is 12.0 Å². The maximum atomic E-state index is 11.2. The standard InChI is InChI=1S/C12H16BrN3OS/c1-15-11(17)5-6-16(2)10-4-3-8(12(14)18)7-9(10)13/h3-4,7H,5-6H2,1-2H3,(H2,14,18)(H,15,17). The van der Waals surface area contributed by atoms with Crippen molar-refractivity contribution < 1.29 is 4.79 Å². The zero-order valence-electron chi connectivity index (χ0n) is 10.4. The van der Waals surface area contributed by atoms with Gasteiger partial charge in [-0.1, -0.05) is 12.2 Å². The molecule has 1 amide bonds. The number of nitrogens with zero attached hydrogens (tertiary/aromatic N) is 1. The van der Waals surface area contributed by atoms with Gasteiger partial charge in [-0.05, 0) is 34.1 Å². The van der Waals surface area contributed by atoms with Gasteiger partial charge in [0.2, 0.25) is 5.91 Å². The summed E-state index contributed by atoms with van der Waals surface area (Å²) in [6.45, 7) is 0.644. The minimum Gasteiger partial charge on any atom is -0.389 e. The summed E-state index contributed by atoms with van der Waals surface area (Å²) >= 11 is 8.40. The molecular formula is C12H16BrN3OS. The van der Waals surface area contributed by atoms with E-state index in [9.17, 15) is 4.79 Å². The summed E-state index contributed by atoms with van der Waals surface area (Å²) in [5.41, 5.74) is 7.39. The van der Waals surface area contributed by atoms with E-state index in [1.807, 2.05) is 30.1 Å². The van der Waals surface area contributed by atoms with E-state index in [0.717, 1.165) is 15.7 Å². The van der Waals surface area contributed by atoms with Gasteiger partial charge in [0, 0.05) is 37.1 Å². The van der Waals surface area contributed by atoms with E-state index in [1.54, 1.807) is 7.05 Å². The maximum absolute atomic E-state index is 11.2. The van der Waals surface area contributed by atoms with E-state index in [-0.39, 0.29) is 5.91 Å². The van der Waals surface area contributed by atoms with E-state index in [0.29, 0.717) is 18.0 Å². The lowest BCUT2D eigenvalue weighted by molar-refractivity contribution is -0.120. The highest BCUT2D eigenvalue weighted by molar-refractivity contribution is 9.10. The summed E-state index contributed by atoms with van der Waals surface area (Å²) in [7, 11) is 3.57. The van der Waals surface area contributed by atoms with Crippen molar-refractivity contribution in [2.24, 2.45) is 5.73 Å². The van der Waals surface area contributed by atoms with Crippen LogP contribution in [0.2, 0.25) is 0 Å². The molecule has 1 aromatic carbocycles. The molecule has 0 atom stereocenters. The number of halogens is 1. The van der Waals surface area contributed by atoms with E-state index in [1.165, 1.54) is 0 Å². The number of nitrogens with one attached hydrogen (secondary N) is 1. The third-order valence-electron chi connectivity index (χ3n) is 2.60. The largest absolute Gasteiger partial charge is 0.389 e. The Balaban J connectivity index is 2.77. The molecule has 0 radical (unpaired) electrons. The molecule has 0 saturated heterocycles. The molecule has 1 aromatic rings. The van der Waals surface area contributed by atoms with Crippen LogP contribution in [-0.4, -0.2) is 31.5 Å². The molecule has 98 valence electrons. The fourth-order valence-corrected chi connectivity index (χ4v) is 2.29. The Morgan fingerprint density at radius 2 is 2.22 bits per heavy atom. The molecular weight excluding hydrogens is 314 g/mol. The zero-order chi connectivity index (χ0) is 13.7. The first-order chi connectivity index (χ1) is 8.45. The van der Waals surface area contributed by atoms with Crippen molar-refractivity contribution in [1.29, 1.82) is 0 Å². The molecule has 1 rings (SSSR count). The van der Waals surface area contributed by atoms with Crippen molar-refractivity contribution in [1.82, 2.24) is 5.32 Å². The second-order valence-electron chi connectivity index (χ2n) is 3.88. The van der Waals surface area contributed by atoms with Gasteiger partial charge in [-0.25, -0.2) is 0 Å². The molecule has 3 N–H and O–H groups in total. The highest BCUT2D eigenvalue weighted by Gasteiger charge is 2.09. The SMILES string of the molecule is CNC(=O)CCN(C)c1ccc(C(N)=S)cc1Br. The number of thiocarbonyl (C=S) groups is 1. The molecule has 4 nitrogen and oxygen atoms in total. The van der Waals surface area contributed by atoms with Crippen molar-refractivity contribution >= 4 is 44.7 Å². The number of carbonyl (C=O) groups is 1. The fourth-order valence-electron chi connectivity index (χ4n) is 1.48. The van der Waals surface area contributed by atoms with Crippen molar-refractivity contribution in [2.75, 3.05) is 25.5 Å². The van der Waals surface area contributed by atoms with Crippen molar-refractivity contribution in [3.63, 3.8) is 0 Å². The molecule has 0 aliphatic carbocycles. The van der Waals surface area contributed by atoms with Crippen molar-refractivity contribution in [2.45, 2.75) is 6.42 Å². The Morgan fingerprint density at radius 1 is 1.56 bits per heavy atom. The average Bonchev–Trinajstić information content (AvgIpc) is 2.35. The Hall–Kier alpha value is -1.14. The second kappa shape index (κ2) is 6.70. The number of benzene rings is 1. The van der Waals surface area contributed by atoms with Gasteiger partial charge in [0.25, 0.3) is 0 Å². The number of carbonyl (C=O) groups excluding carboxylic acids is 1. The number of nitrogens with two attached hydrogens (primary N) is 1. The molecule has 0 bridgehead atoms. The maximum Gasteiger partial charge on any atom is 0.221 e. The van der Waals surface area contributed by atoms with Crippen LogP contribution in [0.25, 0.3) is 0 Å². The molecule has 0 fully saturated rings. The quantitative estimate of drug-likeness (QED) is 0.806. The van der Waals surface area contributed by atoms with Gasteiger partial charge < -0.3 is 16.0 Å². The molecule has 18 heavy (non-hydrogen) atoms. The minimum absolute atomic E-state index is 0.0257.